The smallest absolute Gasteiger partial charge is 0.461 e. The van der Waals surface area contributed by atoms with Crippen molar-refractivity contribution < 1.29 is 31.1 Å². The van der Waals surface area contributed by atoms with Gasteiger partial charge in [-0.1, -0.05) is 0 Å². The third-order valence-corrected chi connectivity index (χ3v) is 4.03. The number of carbonyl (C=O) groups is 1. The molecule has 0 spiro atoms. The first-order valence-corrected chi connectivity index (χ1v) is 7.89. The molecule has 0 aromatic heterocycles. The van der Waals surface area contributed by atoms with E-state index in [-0.39, 0.29) is 11.3 Å². The van der Waals surface area contributed by atoms with Crippen molar-refractivity contribution in [2.24, 2.45) is 0 Å². The van der Waals surface area contributed by atoms with Crippen molar-refractivity contribution >= 4 is 44.3 Å². The van der Waals surface area contributed by atoms with Gasteiger partial charge in [-0.2, -0.15) is 13.2 Å². The van der Waals surface area contributed by atoms with E-state index in [0.29, 0.717) is 3.57 Å². The molecule has 118 valence electrons. The highest BCUT2D eigenvalue weighted by atomic mass is 127. The Morgan fingerprint density at radius 1 is 1.38 bits per heavy atom. The Kier molecular flexibility index (Phi) is 5.81. The van der Waals surface area contributed by atoms with Crippen LogP contribution in [0.15, 0.2) is 18.2 Å². The first kappa shape index (κ1) is 18.0. The van der Waals surface area contributed by atoms with Gasteiger partial charge in [-0.05, 0) is 40.8 Å². The zero-order chi connectivity index (χ0) is 16.3. The average molecular weight is 438 g/mol. The summed E-state index contributed by atoms with van der Waals surface area (Å²) in [6.07, 6.45) is 0. The molecule has 0 bridgehead atoms. The third-order valence-electron chi connectivity index (χ3n) is 2.17. The molecule has 11 heteroatoms. The number of nitrogens with two attached hydrogens (primary N) is 1. The number of carbonyl (C=O) groups excluding carboxylic acids is 1. The molecule has 0 amide bonds. The monoisotopic (exact) mass is 438 g/mol. The number of alkyl halides is 3. The second-order valence-corrected chi connectivity index (χ2v) is 6.72. The minimum atomic E-state index is -5.44. The van der Waals surface area contributed by atoms with Crippen molar-refractivity contribution in [3.8, 4) is 0 Å². The Hall–Kier alpha value is -1.08. The van der Waals surface area contributed by atoms with Gasteiger partial charge in [0.1, 0.15) is 6.61 Å². The van der Waals surface area contributed by atoms with Crippen molar-refractivity contribution in [2.75, 3.05) is 18.9 Å². The standard InChI is InChI=1S/C10H10F3IN2O4S/c11-10(12,13)21(18,19)16-3-4-20-9(17)7-5-6(14)1-2-8(7)15/h1-2,5,16H,3-4,15H2. The summed E-state index contributed by atoms with van der Waals surface area (Å²) in [5.41, 5.74) is 0.356. The van der Waals surface area contributed by atoms with Gasteiger partial charge in [0, 0.05) is 15.8 Å². The highest BCUT2D eigenvalue weighted by Crippen LogP contribution is 2.21. The first-order chi connectivity index (χ1) is 9.54. The molecule has 21 heavy (non-hydrogen) atoms. The fraction of sp³-hybridized carbons (Fsp3) is 0.300. The lowest BCUT2D eigenvalue weighted by Crippen LogP contribution is -2.38. The molecular weight excluding hydrogens is 428 g/mol. The van der Waals surface area contributed by atoms with E-state index in [1.54, 1.807) is 6.07 Å². The summed E-state index contributed by atoms with van der Waals surface area (Å²) in [5, 5.41) is 0. The molecule has 0 saturated heterocycles. The molecular formula is C10H10F3IN2O4S. The molecule has 0 fully saturated rings. The van der Waals surface area contributed by atoms with Gasteiger partial charge in [-0.15, -0.1) is 0 Å². The molecule has 0 aliphatic rings. The molecule has 0 aliphatic heterocycles. The van der Waals surface area contributed by atoms with Crippen LogP contribution in [0.4, 0.5) is 18.9 Å². The minimum absolute atomic E-state index is 0.0561. The number of rotatable bonds is 5. The van der Waals surface area contributed by atoms with E-state index < -0.39 is 34.7 Å². The number of nitrogens with one attached hydrogen (secondary N) is 1. The topological polar surface area (TPSA) is 98.5 Å². The van der Waals surface area contributed by atoms with Crippen LogP contribution in [-0.4, -0.2) is 33.0 Å². The van der Waals surface area contributed by atoms with Crippen LogP contribution in [0.2, 0.25) is 0 Å². The van der Waals surface area contributed by atoms with E-state index in [9.17, 15) is 26.4 Å². The van der Waals surface area contributed by atoms with Gasteiger partial charge in [0.05, 0.1) is 5.56 Å². The van der Waals surface area contributed by atoms with Crippen molar-refractivity contribution in [1.82, 2.24) is 4.72 Å². The van der Waals surface area contributed by atoms with E-state index >= 15 is 0 Å². The van der Waals surface area contributed by atoms with Crippen LogP contribution in [0.1, 0.15) is 10.4 Å². The number of esters is 1. The molecule has 0 heterocycles. The van der Waals surface area contributed by atoms with Gasteiger partial charge in [0.25, 0.3) is 0 Å². The van der Waals surface area contributed by atoms with Crippen LogP contribution in [0, 0.1) is 3.57 Å². The van der Waals surface area contributed by atoms with Crippen molar-refractivity contribution in [2.45, 2.75) is 5.51 Å². The van der Waals surface area contributed by atoms with Crippen molar-refractivity contribution in [3.63, 3.8) is 0 Å². The fourth-order valence-corrected chi connectivity index (χ4v) is 2.19. The molecule has 0 saturated carbocycles. The quantitative estimate of drug-likeness (QED) is 0.314. The summed E-state index contributed by atoms with van der Waals surface area (Å²) in [6, 6.07) is 4.58. The Morgan fingerprint density at radius 3 is 2.57 bits per heavy atom. The number of hydrogen-bond acceptors (Lipinski definition) is 5. The predicted octanol–water partition coefficient (Wildman–Crippen LogP) is 1.47. The maximum Gasteiger partial charge on any atom is 0.511 e. The molecule has 0 unspecified atom stereocenters. The fourth-order valence-electron chi connectivity index (χ4n) is 1.18. The molecule has 1 aromatic carbocycles. The largest absolute Gasteiger partial charge is 0.511 e. The minimum Gasteiger partial charge on any atom is -0.461 e. The SMILES string of the molecule is Nc1ccc(I)cc1C(=O)OCCNS(=O)(=O)C(F)(F)F. The number of ether oxygens (including phenoxy) is 1. The van der Waals surface area contributed by atoms with Gasteiger partial charge in [0.2, 0.25) is 0 Å². The number of hydrogen-bond donors (Lipinski definition) is 2. The lowest BCUT2D eigenvalue weighted by Gasteiger charge is -2.10. The molecule has 0 atom stereocenters. The predicted molar refractivity (Wildman–Crippen MR) is 76.8 cm³/mol. The van der Waals surface area contributed by atoms with Crippen LogP contribution < -0.4 is 10.5 Å². The van der Waals surface area contributed by atoms with Crippen LogP contribution in [0.25, 0.3) is 0 Å². The third kappa shape index (κ3) is 5.00. The van der Waals surface area contributed by atoms with Crippen molar-refractivity contribution in [3.05, 3.63) is 27.3 Å². The van der Waals surface area contributed by atoms with Gasteiger partial charge in [0.15, 0.2) is 0 Å². The van der Waals surface area contributed by atoms with Gasteiger partial charge in [-0.3, -0.25) is 0 Å². The lowest BCUT2D eigenvalue weighted by atomic mass is 10.2. The van der Waals surface area contributed by atoms with Crippen LogP contribution in [0.3, 0.4) is 0 Å². The van der Waals surface area contributed by atoms with Crippen LogP contribution in [-0.2, 0) is 14.8 Å². The highest BCUT2D eigenvalue weighted by Gasteiger charge is 2.45. The Balaban J connectivity index is 2.54. The second kappa shape index (κ2) is 6.79. The van der Waals surface area contributed by atoms with Crippen LogP contribution in [0.5, 0.6) is 0 Å². The molecule has 6 nitrogen and oxygen atoms in total. The zero-order valence-electron chi connectivity index (χ0n) is 10.3. The van der Waals surface area contributed by atoms with E-state index in [0.717, 1.165) is 0 Å². The zero-order valence-corrected chi connectivity index (χ0v) is 13.3. The van der Waals surface area contributed by atoms with E-state index in [2.05, 4.69) is 4.74 Å². The van der Waals surface area contributed by atoms with Crippen LogP contribution >= 0.6 is 22.6 Å². The number of sulfonamides is 1. The highest BCUT2D eigenvalue weighted by molar-refractivity contribution is 14.1. The van der Waals surface area contributed by atoms with E-state index in [1.807, 2.05) is 22.6 Å². The number of anilines is 1. The number of halogens is 4. The summed E-state index contributed by atoms with van der Waals surface area (Å²) in [4.78, 5) is 11.6. The number of nitrogen functional groups attached to an aromatic ring is 1. The summed E-state index contributed by atoms with van der Waals surface area (Å²) >= 11 is 1.94. The summed E-state index contributed by atoms with van der Waals surface area (Å²) in [7, 11) is -5.44. The van der Waals surface area contributed by atoms with Gasteiger partial charge in [-0.25, -0.2) is 17.9 Å². The normalized spacial score (nSPS) is 12.2. The molecule has 0 aliphatic carbocycles. The maximum absolute atomic E-state index is 12.0. The Bertz CT molecular complexity index is 634. The summed E-state index contributed by atoms with van der Waals surface area (Å²) in [5.74, 6) is -0.850. The molecule has 1 aromatic rings. The van der Waals surface area contributed by atoms with E-state index in [1.165, 1.54) is 16.9 Å². The van der Waals surface area contributed by atoms with Gasteiger partial charge >= 0.3 is 21.5 Å². The lowest BCUT2D eigenvalue weighted by molar-refractivity contribution is -0.0448. The first-order valence-electron chi connectivity index (χ1n) is 5.32. The van der Waals surface area contributed by atoms with Gasteiger partial charge < -0.3 is 10.5 Å². The Morgan fingerprint density at radius 2 is 2.00 bits per heavy atom. The second-order valence-electron chi connectivity index (χ2n) is 3.71. The average Bonchev–Trinajstić information content (AvgIpc) is 2.36. The van der Waals surface area contributed by atoms with E-state index in [4.69, 9.17) is 5.73 Å². The number of benzene rings is 1. The molecule has 3 N–H and O–H groups in total. The summed E-state index contributed by atoms with van der Waals surface area (Å²) in [6.45, 7) is -1.25. The maximum atomic E-state index is 12.0. The van der Waals surface area contributed by atoms with Crippen molar-refractivity contribution in [1.29, 1.82) is 0 Å². The summed E-state index contributed by atoms with van der Waals surface area (Å²) < 4.78 is 64.0. The molecule has 0 radical (unpaired) electrons. The molecule has 1 rings (SSSR count). The Labute approximate surface area is 132 Å².